The third-order valence-electron chi connectivity index (χ3n) is 2.17. The van der Waals surface area contributed by atoms with Gasteiger partial charge >= 0.3 is 6.18 Å². The third-order valence-corrected chi connectivity index (χ3v) is 2.34. The van der Waals surface area contributed by atoms with Gasteiger partial charge in [-0.25, -0.2) is 4.39 Å². The summed E-state index contributed by atoms with van der Waals surface area (Å²) in [6.45, 7) is 0. The van der Waals surface area contributed by atoms with E-state index in [9.17, 15) is 17.6 Å². The SMILES string of the molecule is Nc1nc(Cl)nc(-c2cccc(C(F)(F)F)c2F)n1. The van der Waals surface area contributed by atoms with Gasteiger partial charge in [0.15, 0.2) is 5.82 Å². The van der Waals surface area contributed by atoms with Gasteiger partial charge in [0.1, 0.15) is 5.82 Å². The van der Waals surface area contributed by atoms with Gasteiger partial charge in [-0.2, -0.15) is 28.1 Å². The molecule has 2 aromatic rings. The number of nitrogens with zero attached hydrogens (tertiary/aromatic N) is 3. The van der Waals surface area contributed by atoms with E-state index in [-0.39, 0.29) is 17.1 Å². The van der Waals surface area contributed by atoms with Crippen molar-refractivity contribution in [2.45, 2.75) is 6.18 Å². The number of hydrogen-bond acceptors (Lipinski definition) is 4. The molecule has 0 fully saturated rings. The topological polar surface area (TPSA) is 64.7 Å². The van der Waals surface area contributed by atoms with Crippen molar-refractivity contribution < 1.29 is 17.6 Å². The fourth-order valence-electron chi connectivity index (χ4n) is 1.41. The Morgan fingerprint density at radius 3 is 2.37 bits per heavy atom. The molecule has 2 rings (SSSR count). The highest BCUT2D eigenvalue weighted by atomic mass is 35.5. The maximum absolute atomic E-state index is 13.8. The lowest BCUT2D eigenvalue weighted by Crippen LogP contribution is -2.09. The van der Waals surface area contributed by atoms with Gasteiger partial charge in [-0.1, -0.05) is 6.07 Å². The van der Waals surface area contributed by atoms with Crippen molar-refractivity contribution in [2.24, 2.45) is 0 Å². The smallest absolute Gasteiger partial charge is 0.368 e. The molecule has 0 unspecified atom stereocenters. The molecule has 1 aromatic carbocycles. The molecule has 0 atom stereocenters. The second-order valence-electron chi connectivity index (χ2n) is 3.45. The average Bonchev–Trinajstić information content (AvgIpc) is 2.26. The number of anilines is 1. The van der Waals surface area contributed by atoms with E-state index in [1.54, 1.807) is 0 Å². The van der Waals surface area contributed by atoms with Gasteiger partial charge in [0.25, 0.3) is 0 Å². The Hall–Kier alpha value is -1.96. The summed E-state index contributed by atoms with van der Waals surface area (Å²) in [6, 6.07) is 2.75. The Morgan fingerprint density at radius 2 is 1.79 bits per heavy atom. The molecule has 100 valence electrons. The molecule has 9 heteroatoms. The standard InChI is InChI=1S/C10H5ClF4N4/c11-8-17-7(18-9(16)19-8)4-2-1-3-5(6(4)12)10(13,14)15/h1-3H,(H2,16,17,18,19). The van der Waals surface area contributed by atoms with Crippen molar-refractivity contribution in [1.82, 2.24) is 15.0 Å². The Labute approximate surface area is 109 Å². The molecule has 0 saturated carbocycles. The molecule has 0 aliphatic carbocycles. The molecule has 2 N–H and O–H groups in total. The molecule has 1 heterocycles. The fourth-order valence-corrected chi connectivity index (χ4v) is 1.58. The van der Waals surface area contributed by atoms with Crippen LogP contribution >= 0.6 is 11.6 Å². The van der Waals surface area contributed by atoms with Crippen molar-refractivity contribution in [3.05, 3.63) is 34.9 Å². The lowest BCUT2D eigenvalue weighted by atomic mass is 10.1. The highest BCUT2D eigenvalue weighted by Gasteiger charge is 2.35. The van der Waals surface area contributed by atoms with E-state index in [1.165, 1.54) is 0 Å². The number of alkyl halides is 3. The molecule has 0 aliphatic heterocycles. The van der Waals surface area contributed by atoms with Crippen molar-refractivity contribution in [1.29, 1.82) is 0 Å². The summed E-state index contributed by atoms with van der Waals surface area (Å²) >= 11 is 5.50. The number of nitrogens with two attached hydrogens (primary N) is 1. The molecular formula is C10H5ClF4N4. The Morgan fingerprint density at radius 1 is 1.11 bits per heavy atom. The van der Waals surface area contributed by atoms with Crippen LogP contribution in [0.15, 0.2) is 18.2 Å². The number of aromatic nitrogens is 3. The van der Waals surface area contributed by atoms with Crippen LogP contribution in [0.5, 0.6) is 0 Å². The maximum atomic E-state index is 13.8. The van der Waals surface area contributed by atoms with Crippen LogP contribution in [0.4, 0.5) is 23.5 Å². The van der Waals surface area contributed by atoms with Crippen LogP contribution in [0.1, 0.15) is 5.56 Å². The average molecular weight is 293 g/mol. The van der Waals surface area contributed by atoms with Crippen LogP contribution in [0.3, 0.4) is 0 Å². The second kappa shape index (κ2) is 4.61. The van der Waals surface area contributed by atoms with Crippen LogP contribution < -0.4 is 5.73 Å². The second-order valence-corrected chi connectivity index (χ2v) is 3.79. The molecule has 19 heavy (non-hydrogen) atoms. The Kier molecular flexibility index (Phi) is 3.27. The maximum Gasteiger partial charge on any atom is 0.419 e. The molecule has 4 nitrogen and oxygen atoms in total. The predicted molar refractivity (Wildman–Crippen MR) is 59.6 cm³/mol. The normalized spacial score (nSPS) is 11.6. The number of halogens is 5. The number of nitrogen functional groups attached to an aromatic ring is 1. The fraction of sp³-hybridized carbons (Fsp3) is 0.100. The third kappa shape index (κ3) is 2.73. The van der Waals surface area contributed by atoms with Gasteiger partial charge in [-0.3, -0.25) is 0 Å². The molecule has 0 saturated heterocycles. The van der Waals surface area contributed by atoms with Crippen molar-refractivity contribution in [3.8, 4) is 11.4 Å². The van der Waals surface area contributed by atoms with Crippen LogP contribution in [-0.2, 0) is 6.18 Å². The zero-order valence-electron chi connectivity index (χ0n) is 9.04. The molecular weight excluding hydrogens is 288 g/mol. The molecule has 0 amide bonds. The van der Waals surface area contributed by atoms with Gasteiger partial charge in [-0.05, 0) is 23.7 Å². The molecule has 0 aliphatic rings. The highest BCUT2D eigenvalue weighted by molar-refractivity contribution is 6.28. The summed E-state index contributed by atoms with van der Waals surface area (Å²) in [5, 5.41) is -0.334. The minimum Gasteiger partial charge on any atom is -0.368 e. The number of benzene rings is 1. The summed E-state index contributed by atoms with van der Waals surface area (Å²) in [7, 11) is 0. The van der Waals surface area contributed by atoms with E-state index in [2.05, 4.69) is 15.0 Å². The van der Waals surface area contributed by atoms with E-state index in [4.69, 9.17) is 17.3 Å². The summed E-state index contributed by atoms with van der Waals surface area (Å²) < 4.78 is 51.5. The van der Waals surface area contributed by atoms with Gasteiger partial charge in [0, 0.05) is 0 Å². The van der Waals surface area contributed by atoms with Crippen molar-refractivity contribution in [3.63, 3.8) is 0 Å². The lowest BCUT2D eigenvalue weighted by Gasteiger charge is -2.10. The van der Waals surface area contributed by atoms with Crippen molar-refractivity contribution >= 4 is 17.5 Å². The monoisotopic (exact) mass is 292 g/mol. The first-order chi connectivity index (χ1) is 8.79. The van der Waals surface area contributed by atoms with Gasteiger partial charge in [-0.15, -0.1) is 0 Å². The van der Waals surface area contributed by atoms with E-state index in [0.29, 0.717) is 6.07 Å². The minimum atomic E-state index is -4.82. The largest absolute Gasteiger partial charge is 0.419 e. The first kappa shape index (κ1) is 13.5. The zero-order valence-corrected chi connectivity index (χ0v) is 9.80. The van der Waals surface area contributed by atoms with Gasteiger partial charge < -0.3 is 5.73 Å². The zero-order chi connectivity index (χ0) is 14.2. The van der Waals surface area contributed by atoms with Crippen LogP contribution in [0, 0.1) is 5.82 Å². The number of rotatable bonds is 1. The van der Waals surface area contributed by atoms with E-state index in [0.717, 1.165) is 12.1 Å². The van der Waals surface area contributed by atoms with Crippen LogP contribution in [-0.4, -0.2) is 15.0 Å². The minimum absolute atomic E-state index is 0.313. The molecule has 0 spiro atoms. The Bertz CT molecular complexity index is 609. The summed E-state index contributed by atoms with van der Waals surface area (Å²) in [5.41, 5.74) is 3.41. The van der Waals surface area contributed by atoms with E-state index >= 15 is 0 Å². The van der Waals surface area contributed by atoms with E-state index in [1.807, 2.05) is 0 Å². The molecule has 1 aromatic heterocycles. The summed E-state index contributed by atoms with van der Waals surface area (Å²) in [4.78, 5) is 10.5. The van der Waals surface area contributed by atoms with Crippen LogP contribution in [0.2, 0.25) is 5.28 Å². The number of hydrogen-bond donors (Lipinski definition) is 1. The summed E-state index contributed by atoms with van der Waals surface area (Å²) in [5.74, 6) is -2.16. The highest BCUT2D eigenvalue weighted by Crippen LogP contribution is 2.34. The summed E-state index contributed by atoms with van der Waals surface area (Å²) in [6.07, 6.45) is -4.82. The first-order valence-electron chi connectivity index (χ1n) is 4.82. The van der Waals surface area contributed by atoms with Crippen molar-refractivity contribution in [2.75, 3.05) is 5.73 Å². The molecule has 0 bridgehead atoms. The van der Waals surface area contributed by atoms with E-state index < -0.39 is 23.1 Å². The van der Waals surface area contributed by atoms with Gasteiger partial charge in [0.2, 0.25) is 11.2 Å². The van der Waals surface area contributed by atoms with Gasteiger partial charge in [0.05, 0.1) is 11.1 Å². The predicted octanol–water partition coefficient (Wildman–Crippen LogP) is 2.93. The lowest BCUT2D eigenvalue weighted by molar-refractivity contribution is -0.139. The van der Waals surface area contributed by atoms with Crippen LogP contribution in [0.25, 0.3) is 11.4 Å². The molecule has 0 radical (unpaired) electrons. The Balaban J connectivity index is 2.63. The quantitative estimate of drug-likeness (QED) is 0.821. The first-order valence-corrected chi connectivity index (χ1v) is 5.20.